The van der Waals surface area contributed by atoms with E-state index in [1.807, 2.05) is 36.0 Å². The molecule has 2 N–H and O–H groups in total. The maximum absolute atomic E-state index is 6.13. The van der Waals surface area contributed by atoms with Gasteiger partial charge in [-0.25, -0.2) is 0 Å². The van der Waals surface area contributed by atoms with Gasteiger partial charge in [0.2, 0.25) is 0 Å². The molecular formula is C16H24N2O2S. The van der Waals surface area contributed by atoms with Crippen LogP contribution in [0, 0.1) is 5.92 Å². The van der Waals surface area contributed by atoms with E-state index >= 15 is 0 Å². The molecule has 1 aromatic rings. The smallest absolute Gasteiger partial charge is 0.161 e. The quantitative estimate of drug-likeness (QED) is 0.872. The topological polar surface area (TPSA) is 42.5 Å². The standard InChI is InChI=1S/C16H24N2O2S/c1-19-14-6-2-3-7-15(14)20-12-16(18-9-10-21-16)13-5-4-8-17-11-13/h2-3,6-7,13,17-18H,4-5,8-12H2,1H3. The summed E-state index contributed by atoms with van der Waals surface area (Å²) in [5.74, 6) is 3.41. The summed E-state index contributed by atoms with van der Waals surface area (Å²) >= 11 is 2.01. The van der Waals surface area contributed by atoms with Crippen LogP contribution in [0.5, 0.6) is 11.5 Å². The van der Waals surface area contributed by atoms with E-state index in [1.54, 1.807) is 7.11 Å². The minimum absolute atomic E-state index is 0.0360. The average molecular weight is 308 g/mol. The highest BCUT2D eigenvalue weighted by atomic mass is 32.2. The second kappa shape index (κ2) is 6.90. The zero-order valence-electron chi connectivity index (χ0n) is 12.6. The molecule has 2 unspecified atom stereocenters. The molecule has 0 aliphatic carbocycles. The predicted molar refractivity (Wildman–Crippen MR) is 87.3 cm³/mol. The molecular weight excluding hydrogens is 284 g/mol. The molecule has 2 heterocycles. The van der Waals surface area contributed by atoms with Gasteiger partial charge in [0.15, 0.2) is 11.5 Å². The molecule has 0 amide bonds. The maximum atomic E-state index is 6.13. The number of nitrogens with one attached hydrogen (secondary N) is 2. The number of hydrogen-bond donors (Lipinski definition) is 2. The largest absolute Gasteiger partial charge is 0.493 e. The second-order valence-corrected chi connectivity index (χ2v) is 7.07. The van der Waals surface area contributed by atoms with E-state index in [-0.39, 0.29) is 4.87 Å². The molecule has 5 heteroatoms. The van der Waals surface area contributed by atoms with Crippen molar-refractivity contribution in [2.45, 2.75) is 17.7 Å². The van der Waals surface area contributed by atoms with Crippen LogP contribution in [-0.2, 0) is 0 Å². The molecule has 1 aromatic carbocycles. The minimum Gasteiger partial charge on any atom is -0.493 e. The summed E-state index contributed by atoms with van der Waals surface area (Å²) in [7, 11) is 1.69. The molecule has 0 saturated carbocycles. The lowest BCUT2D eigenvalue weighted by Gasteiger charge is -2.39. The summed E-state index contributed by atoms with van der Waals surface area (Å²) in [4.78, 5) is 0.0360. The number of ether oxygens (including phenoxy) is 2. The molecule has 4 nitrogen and oxygen atoms in total. The van der Waals surface area contributed by atoms with Gasteiger partial charge >= 0.3 is 0 Å². The van der Waals surface area contributed by atoms with Crippen LogP contribution >= 0.6 is 11.8 Å². The van der Waals surface area contributed by atoms with Gasteiger partial charge in [0, 0.05) is 24.8 Å². The molecule has 2 aliphatic heterocycles. The Morgan fingerprint density at radius 2 is 2.14 bits per heavy atom. The lowest BCUT2D eigenvalue weighted by atomic mass is 9.91. The Hall–Kier alpha value is -0.910. The third-order valence-corrected chi connectivity index (χ3v) is 5.87. The fourth-order valence-corrected chi connectivity index (χ4v) is 4.54. The summed E-state index contributed by atoms with van der Waals surface area (Å²) in [6.07, 6.45) is 2.52. The average Bonchev–Trinajstić information content (AvgIpc) is 3.04. The van der Waals surface area contributed by atoms with Crippen LogP contribution in [0.1, 0.15) is 12.8 Å². The summed E-state index contributed by atoms with van der Waals surface area (Å²) in [5.41, 5.74) is 0. The monoisotopic (exact) mass is 308 g/mol. The van der Waals surface area contributed by atoms with E-state index < -0.39 is 0 Å². The molecule has 2 saturated heterocycles. The number of methoxy groups -OCH3 is 1. The Morgan fingerprint density at radius 1 is 1.29 bits per heavy atom. The van der Waals surface area contributed by atoms with Crippen molar-refractivity contribution < 1.29 is 9.47 Å². The summed E-state index contributed by atoms with van der Waals surface area (Å²) in [5, 5.41) is 7.23. The van der Waals surface area contributed by atoms with Crippen molar-refractivity contribution in [2.24, 2.45) is 5.92 Å². The third-order valence-electron chi connectivity index (χ3n) is 4.35. The Morgan fingerprint density at radius 3 is 2.81 bits per heavy atom. The Kier molecular flexibility index (Phi) is 4.93. The van der Waals surface area contributed by atoms with E-state index in [9.17, 15) is 0 Å². The molecule has 2 fully saturated rings. The van der Waals surface area contributed by atoms with Crippen LogP contribution in [0.4, 0.5) is 0 Å². The highest BCUT2D eigenvalue weighted by molar-refractivity contribution is 8.00. The van der Waals surface area contributed by atoms with E-state index in [0.29, 0.717) is 12.5 Å². The van der Waals surface area contributed by atoms with Gasteiger partial charge in [0.05, 0.1) is 7.11 Å². The van der Waals surface area contributed by atoms with Gasteiger partial charge in [0.1, 0.15) is 11.5 Å². The summed E-state index contributed by atoms with van der Waals surface area (Å²) in [6, 6.07) is 7.88. The first-order valence-electron chi connectivity index (χ1n) is 7.69. The van der Waals surface area contributed by atoms with Gasteiger partial charge < -0.3 is 14.8 Å². The van der Waals surface area contributed by atoms with E-state index in [4.69, 9.17) is 9.47 Å². The van der Waals surface area contributed by atoms with E-state index in [1.165, 1.54) is 12.8 Å². The van der Waals surface area contributed by atoms with Gasteiger partial charge in [-0.1, -0.05) is 12.1 Å². The van der Waals surface area contributed by atoms with Crippen LogP contribution in [0.15, 0.2) is 24.3 Å². The molecule has 2 atom stereocenters. The molecule has 116 valence electrons. The molecule has 21 heavy (non-hydrogen) atoms. The summed E-state index contributed by atoms with van der Waals surface area (Å²) < 4.78 is 11.5. The highest BCUT2D eigenvalue weighted by Crippen LogP contribution is 2.39. The number of hydrogen-bond acceptors (Lipinski definition) is 5. The lowest BCUT2D eigenvalue weighted by molar-refractivity contribution is 0.174. The first-order chi connectivity index (χ1) is 10.3. The van der Waals surface area contributed by atoms with Gasteiger partial charge in [-0.05, 0) is 31.5 Å². The van der Waals surface area contributed by atoms with Crippen molar-refractivity contribution in [2.75, 3.05) is 39.1 Å². The predicted octanol–water partition coefficient (Wildman–Crippen LogP) is 2.11. The van der Waals surface area contributed by atoms with Crippen LogP contribution < -0.4 is 20.1 Å². The molecule has 2 aliphatic rings. The zero-order chi connectivity index (χ0) is 14.5. The van der Waals surface area contributed by atoms with E-state index in [2.05, 4.69) is 10.6 Å². The fourth-order valence-electron chi connectivity index (χ4n) is 3.19. The van der Waals surface area contributed by atoms with Crippen LogP contribution in [0.3, 0.4) is 0 Å². The minimum atomic E-state index is 0.0360. The van der Waals surface area contributed by atoms with Crippen molar-refractivity contribution in [3.05, 3.63) is 24.3 Å². The second-order valence-electron chi connectivity index (χ2n) is 5.65. The molecule has 0 spiro atoms. The number of thioether (sulfide) groups is 1. The van der Waals surface area contributed by atoms with Gasteiger partial charge in [-0.15, -0.1) is 11.8 Å². The Labute approximate surface area is 131 Å². The SMILES string of the molecule is COc1ccccc1OCC1(C2CCCNC2)NCCS1. The maximum Gasteiger partial charge on any atom is 0.161 e. The first-order valence-corrected chi connectivity index (χ1v) is 8.68. The number of para-hydroxylation sites is 2. The number of piperidine rings is 1. The van der Waals surface area contributed by atoms with Crippen molar-refractivity contribution in [3.63, 3.8) is 0 Å². The Balaban J connectivity index is 1.70. The molecule has 0 bridgehead atoms. The van der Waals surface area contributed by atoms with Crippen molar-refractivity contribution in [1.29, 1.82) is 0 Å². The summed E-state index contributed by atoms with van der Waals surface area (Å²) in [6.45, 7) is 3.97. The highest BCUT2D eigenvalue weighted by Gasteiger charge is 2.43. The van der Waals surface area contributed by atoms with Crippen LogP contribution in [0.25, 0.3) is 0 Å². The molecule has 0 aromatic heterocycles. The molecule has 3 rings (SSSR count). The van der Waals surface area contributed by atoms with Crippen LogP contribution in [0.2, 0.25) is 0 Å². The van der Waals surface area contributed by atoms with Crippen molar-refractivity contribution in [3.8, 4) is 11.5 Å². The van der Waals surface area contributed by atoms with Gasteiger partial charge in [-0.3, -0.25) is 5.32 Å². The first kappa shape index (κ1) is 15.0. The third kappa shape index (κ3) is 3.30. The number of benzene rings is 1. The normalized spacial score (nSPS) is 29.3. The van der Waals surface area contributed by atoms with Crippen molar-refractivity contribution in [1.82, 2.24) is 10.6 Å². The molecule has 0 radical (unpaired) electrons. The van der Waals surface area contributed by atoms with Gasteiger partial charge in [0.25, 0.3) is 0 Å². The number of rotatable bonds is 5. The Bertz CT molecular complexity index is 457. The van der Waals surface area contributed by atoms with Crippen molar-refractivity contribution >= 4 is 11.8 Å². The zero-order valence-corrected chi connectivity index (χ0v) is 13.4. The van der Waals surface area contributed by atoms with Gasteiger partial charge in [-0.2, -0.15) is 0 Å². The van der Waals surface area contributed by atoms with Crippen LogP contribution in [-0.4, -0.2) is 44.0 Å². The van der Waals surface area contributed by atoms with E-state index in [0.717, 1.165) is 36.9 Å². The lowest BCUT2D eigenvalue weighted by Crippen LogP contribution is -2.54. The fraction of sp³-hybridized carbons (Fsp3) is 0.625.